The Morgan fingerprint density at radius 1 is 1.06 bits per heavy atom. The zero-order valence-electron chi connectivity index (χ0n) is 18.9. The van der Waals surface area contributed by atoms with Crippen molar-refractivity contribution >= 4 is 17.1 Å². The summed E-state index contributed by atoms with van der Waals surface area (Å²) in [5.74, 6) is 1.49. The molecule has 34 heavy (non-hydrogen) atoms. The lowest BCUT2D eigenvalue weighted by molar-refractivity contribution is -0.121. The Bertz CT molecular complexity index is 1420. The first-order valence-corrected chi connectivity index (χ1v) is 10.7. The van der Waals surface area contributed by atoms with E-state index in [9.17, 15) is 14.4 Å². The van der Waals surface area contributed by atoms with Crippen LogP contribution in [0.3, 0.4) is 0 Å². The van der Waals surface area contributed by atoms with Gasteiger partial charge in [-0.3, -0.25) is 19.1 Å². The molecule has 0 aliphatic heterocycles. The third kappa shape index (κ3) is 5.17. The van der Waals surface area contributed by atoms with Gasteiger partial charge in [0, 0.05) is 26.4 Å². The van der Waals surface area contributed by atoms with E-state index in [-0.39, 0.29) is 23.5 Å². The fourth-order valence-electron chi connectivity index (χ4n) is 3.47. The second-order valence-electron chi connectivity index (χ2n) is 7.74. The predicted molar refractivity (Wildman–Crippen MR) is 126 cm³/mol. The molecule has 0 radical (unpaired) electrons. The molecule has 0 bridgehead atoms. The largest absolute Gasteiger partial charge is 0.493 e. The molecule has 0 saturated heterocycles. The van der Waals surface area contributed by atoms with Crippen LogP contribution in [0.2, 0.25) is 0 Å². The summed E-state index contributed by atoms with van der Waals surface area (Å²) >= 11 is 0. The molecule has 176 valence electrons. The van der Waals surface area contributed by atoms with Crippen molar-refractivity contribution < 1.29 is 14.3 Å². The number of methoxy groups -OCH3 is 1. The third-order valence-electron chi connectivity index (χ3n) is 5.35. The van der Waals surface area contributed by atoms with Crippen molar-refractivity contribution in [2.24, 2.45) is 7.05 Å². The highest BCUT2D eigenvalue weighted by Crippen LogP contribution is 2.28. The zero-order chi connectivity index (χ0) is 24.1. The summed E-state index contributed by atoms with van der Waals surface area (Å²) in [5, 5.41) is 2.86. The number of fused-ring (bicyclic) bond motifs is 1. The molecule has 0 spiro atoms. The summed E-state index contributed by atoms with van der Waals surface area (Å²) in [6.07, 6.45) is 0.463. The Hall–Kier alpha value is -4.34. The zero-order valence-corrected chi connectivity index (χ0v) is 18.9. The van der Waals surface area contributed by atoms with E-state index >= 15 is 0 Å². The second-order valence-corrected chi connectivity index (χ2v) is 7.74. The highest BCUT2D eigenvalue weighted by atomic mass is 16.5. The highest BCUT2D eigenvalue weighted by Gasteiger charge is 2.12. The van der Waals surface area contributed by atoms with Gasteiger partial charge < -0.3 is 19.8 Å². The fraction of sp³-hybridized carbons (Fsp3) is 0.250. The average Bonchev–Trinajstić information content (AvgIpc) is 3.29. The lowest BCUT2D eigenvalue weighted by Gasteiger charge is -2.13. The average molecular weight is 463 g/mol. The summed E-state index contributed by atoms with van der Waals surface area (Å²) in [4.78, 5) is 45.3. The molecule has 10 heteroatoms. The lowest BCUT2D eigenvalue weighted by atomic mass is 10.2. The predicted octanol–water partition coefficient (Wildman–Crippen LogP) is 1.79. The number of aromatic amines is 2. The Labute approximate surface area is 194 Å². The molecular formula is C24H25N5O5. The molecule has 10 nitrogen and oxygen atoms in total. The molecule has 0 unspecified atom stereocenters. The maximum Gasteiger partial charge on any atom is 0.329 e. The first-order chi connectivity index (χ1) is 16.4. The molecule has 0 aliphatic carbocycles. The number of aryl methyl sites for hydroxylation is 2. The molecular weight excluding hydrogens is 438 g/mol. The molecule has 4 rings (SSSR count). The number of imidazole rings is 1. The summed E-state index contributed by atoms with van der Waals surface area (Å²) in [5.41, 5.74) is 1.30. The van der Waals surface area contributed by atoms with Gasteiger partial charge in [-0.25, -0.2) is 9.78 Å². The van der Waals surface area contributed by atoms with Gasteiger partial charge in [0.15, 0.2) is 17.1 Å². The maximum absolute atomic E-state index is 12.3. The Kier molecular flexibility index (Phi) is 6.77. The van der Waals surface area contributed by atoms with E-state index in [1.807, 2.05) is 48.5 Å². The van der Waals surface area contributed by atoms with E-state index < -0.39 is 11.2 Å². The van der Waals surface area contributed by atoms with Crippen molar-refractivity contribution in [2.75, 3.05) is 7.11 Å². The number of carbonyl (C=O) groups excluding carboxylic acids is 1. The molecule has 0 fully saturated rings. The smallest absolute Gasteiger partial charge is 0.329 e. The van der Waals surface area contributed by atoms with Crippen molar-refractivity contribution in [2.45, 2.75) is 26.0 Å². The number of amides is 1. The number of ether oxygens (including phenoxy) is 2. The van der Waals surface area contributed by atoms with Crippen LogP contribution >= 0.6 is 0 Å². The first-order valence-electron chi connectivity index (χ1n) is 10.7. The van der Waals surface area contributed by atoms with Crippen molar-refractivity contribution in [1.82, 2.24) is 24.8 Å². The van der Waals surface area contributed by atoms with Crippen LogP contribution in [-0.2, 0) is 31.4 Å². The summed E-state index contributed by atoms with van der Waals surface area (Å²) in [7, 11) is 3.09. The summed E-state index contributed by atoms with van der Waals surface area (Å²) < 4.78 is 12.6. The number of hydrogen-bond acceptors (Lipinski definition) is 6. The highest BCUT2D eigenvalue weighted by molar-refractivity contribution is 5.76. The fourth-order valence-corrected chi connectivity index (χ4v) is 3.47. The van der Waals surface area contributed by atoms with E-state index in [1.54, 1.807) is 7.11 Å². The van der Waals surface area contributed by atoms with Crippen LogP contribution in [0, 0.1) is 0 Å². The second kappa shape index (κ2) is 10.1. The Morgan fingerprint density at radius 2 is 1.85 bits per heavy atom. The van der Waals surface area contributed by atoms with Gasteiger partial charge in [0.05, 0.1) is 7.11 Å². The number of H-pyrrole nitrogens is 2. The molecule has 2 heterocycles. The van der Waals surface area contributed by atoms with Gasteiger partial charge in [0.2, 0.25) is 5.91 Å². The van der Waals surface area contributed by atoms with Crippen molar-refractivity contribution in [1.29, 1.82) is 0 Å². The van der Waals surface area contributed by atoms with E-state index in [0.717, 1.165) is 11.1 Å². The molecule has 2 aromatic heterocycles. The standard InChI is InChI=1S/C24H25N5O5/c1-29-22-21(23(31)28-24(29)32)26-19(27-22)10-11-20(30)25-13-16-8-9-17(18(12-16)33-2)34-14-15-6-4-3-5-7-15/h3-9,12H,10-11,13-14H2,1-2H3,(H,25,30)(H,26,27)(H,28,31,32). The Balaban J connectivity index is 1.32. The van der Waals surface area contributed by atoms with Gasteiger partial charge in [0.25, 0.3) is 5.56 Å². The van der Waals surface area contributed by atoms with Crippen molar-refractivity contribution in [3.8, 4) is 11.5 Å². The lowest BCUT2D eigenvalue weighted by Crippen LogP contribution is -2.28. The SMILES string of the molecule is COc1cc(CNC(=O)CCc2nc3c([nH]2)c(=O)[nH]c(=O)n3C)ccc1OCc1ccccc1. The van der Waals surface area contributed by atoms with Gasteiger partial charge >= 0.3 is 5.69 Å². The van der Waals surface area contributed by atoms with E-state index in [1.165, 1.54) is 11.6 Å². The summed E-state index contributed by atoms with van der Waals surface area (Å²) in [6.45, 7) is 0.748. The van der Waals surface area contributed by atoms with Crippen LogP contribution in [0.4, 0.5) is 0 Å². The molecule has 0 saturated carbocycles. The number of nitrogens with zero attached hydrogens (tertiary/aromatic N) is 2. The van der Waals surface area contributed by atoms with Gasteiger partial charge in [-0.1, -0.05) is 36.4 Å². The molecule has 3 N–H and O–H groups in total. The first kappa shape index (κ1) is 22.8. The quantitative estimate of drug-likeness (QED) is 0.347. The van der Waals surface area contributed by atoms with Gasteiger partial charge in [-0.15, -0.1) is 0 Å². The molecule has 4 aromatic rings. The normalized spacial score (nSPS) is 10.9. The molecule has 1 amide bonds. The van der Waals surface area contributed by atoms with Crippen LogP contribution in [0.1, 0.15) is 23.4 Å². The van der Waals surface area contributed by atoms with Crippen LogP contribution in [0.5, 0.6) is 11.5 Å². The molecule has 0 aliphatic rings. The number of carbonyl (C=O) groups is 1. The Morgan fingerprint density at radius 3 is 2.62 bits per heavy atom. The van der Waals surface area contributed by atoms with Crippen LogP contribution in [-0.4, -0.2) is 32.5 Å². The monoisotopic (exact) mass is 463 g/mol. The van der Waals surface area contributed by atoms with Crippen LogP contribution in [0.15, 0.2) is 58.1 Å². The maximum atomic E-state index is 12.3. The third-order valence-corrected chi connectivity index (χ3v) is 5.35. The number of nitrogens with one attached hydrogen (secondary N) is 3. The minimum atomic E-state index is -0.541. The number of aromatic nitrogens is 4. The van der Waals surface area contributed by atoms with E-state index in [0.29, 0.717) is 36.9 Å². The van der Waals surface area contributed by atoms with Crippen molar-refractivity contribution in [3.63, 3.8) is 0 Å². The molecule has 2 aromatic carbocycles. The van der Waals surface area contributed by atoms with E-state index in [2.05, 4.69) is 20.3 Å². The number of rotatable bonds is 9. The minimum absolute atomic E-state index is 0.168. The van der Waals surface area contributed by atoms with E-state index in [4.69, 9.17) is 9.47 Å². The van der Waals surface area contributed by atoms with Gasteiger partial charge in [-0.05, 0) is 23.3 Å². The topological polar surface area (TPSA) is 131 Å². The van der Waals surface area contributed by atoms with Gasteiger partial charge in [0.1, 0.15) is 17.9 Å². The van der Waals surface area contributed by atoms with Crippen LogP contribution in [0.25, 0.3) is 11.2 Å². The van der Waals surface area contributed by atoms with Crippen molar-refractivity contribution in [3.05, 3.63) is 86.3 Å². The minimum Gasteiger partial charge on any atom is -0.493 e. The number of hydrogen-bond donors (Lipinski definition) is 3. The number of benzene rings is 2. The molecule has 0 atom stereocenters. The van der Waals surface area contributed by atoms with Gasteiger partial charge in [-0.2, -0.15) is 0 Å². The summed E-state index contributed by atoms with van der Waals surface area (Å²) in [6, 6.07) is 15.4. The van der Waals surface area contributed by atoms with Crippen LogP contribution < -0.4 is 26.0 Å².